The van der Waals surface area contributed by atoms with Gasteiger partial charge in [0, 0.05) is 6.54 Å². The van der Waals surface area contributed by atoms with Crippen molar-refractivity contribution in [2.75, 3.05) is 19.7 Å². The number of rotatable bonds is 9. The number of ether oxygens (including phenoxy) is 2. The number of esters is 1. The number of carbonyl (C=O) groups excluding carboxylic acids is 4. The highest BCUT2D eigenvalue weighted by Crippen LogP contribution is 2.19. The number of likely N-dealkylation sites (tertiary alicyclic amines) is 1. The van der Waals surface area contributed by atoms with Gasteiger partial charge in [0.25, 0.3) is 0 Å². The highest BCUT2D eigenvalue weighted by molar-refractivity contribution is 5.92. The molecule has 0 bridgehead atoms. The van der Waals surface area contributed by atoms with Gasteiger partial charge in [0.15, 0.2) is 0 Å². The van der Waals surface area contributed by atoms with Crippen LogP contribution in [0.5, 0.6) is 0 Å². The Morgan fingerprint density at radius 2 is 1.87 bits per heavy atom. The Bertz CT molecular complexity index is 740. The number of nitrogens with one attached hydrogen (secondary N) is 2. The minimum atomic E-state index is -0.810. The highest BCUT2D eigenvalue weighted by atomic mass is 16.6. The van der Waals surface area contributed by atoms with E-state index in [1.165, 1.54) is 4.90 Å². The summed E-state index contributed by atoms with van der Waals surface area (Å²) in [5, 5.41) is 5.12. The van der Waals surface area contributed by atoms with Crippen molar-refractivity contribution in [3.05, 3.63) is 35.9 Å². The molecule has 0 aliphatic carbocycles. The van der Waals surface area contributed by atoms with Gasteiger partial charge in [-0.3, -0.25) is 19.3 Å². The third-order valence-electron chi connectivity index (χ3n) is 4.75. The molecule has 0 saturated carbocycles. The lowest BCUT2D eigenvalue weighted by Crippen LogP contribution is -2.53. The number of amides is 3. The summed E-state index contributed by atoms with van der Waals surface area (Å²) < 4.78 is 10.1. The Morgan fingerprint density at radius 3 is 2.53 bits per heavy atom. The second-order valence-corrected chi connectivity index (χ2v) is 6.88. The van der Waals surface area contributed by atoms with E-state index in [2.05, 4.69) is 10.6 Å². The molecule has 1 aliphatic heterocycles. The van der Waals surface area contributed by atoms with Crippen LogP contribution in [-0.4, -0.2) is 60.6 Å². The topological polar surface area (TPSA) is 114 Å². The van der Waals surface area contributed by atoms with Crippen LogP contribution < -0.4 is 10.6 Å². The van der Waals surface area contributed by atoms with Crippen LogP contribution in [-0.2, 0) is 30.5 Å². The molecule has 1 aliphatic rings. The minimum Gasteiger partial charge on any atom is -0.465 e. The molecule has 1 aromatic rings. The molecule has 2 N–H and O–H groups in total. The Balaban J connectivity index is 1.87. The van der Waals surface area contributed by atoms with Crippen LogP contribution in [0.25, 0.3) is 0 Å². The summed E-state index contributed by atoms with van der Waals surface area (Å²) in [6, 6.07) is 7.78. The zero-order valence-electron chi connectivity index (χ0n) is 17.4. The Morgan fingerprint density at radius 1 is 1.13 bits per heavy atom. The van der Waals surface area contributed by atoms with Crippen molar-refractivity contribution in [2.45, 2.75) is 51.8 Å². The van der Waals surface area contributed by atoms with E-state index in [0.717, 1.165) is 5.56 Å². The summed E-state index contributed by atoms with van der Waals surface area (Å²) >= 11 is 0. The average molecular weight is 419 g/mol. The van der Waals surface area contributed by atoms with Crippen molar-refractivity contribution in [3.8, 4) is 0 Å². The van der Waals surface area contributed by atoms with Gasteiger partial charge < -0.3 is 20.1 Å². The van der Waals surface area contributed by atoms with E-state index in [9.17, 15) is 19.2 Å². The Kier molecular flexibility index (Phi) is 9.11. The fraction of sp³-hybridized carbons (Fsp3) is 0.524. The Hall–Kier alpha value is -3.10. The van der Waals surface area contributed by atoms with Gasteiger partial charge in [0.1, 0.15) is 25.2 Å². The maximum Gasteiger partial charge on any atom is 0.410 e. The average Bonchev–Trinajstić information content (AvgIpc) is 3.25. The van der Waals surface area contributed by atoms with Crippen LogP contribution in [0.4, 0.5) is 4.79 Å². The number of hydrogen-bond acceptors (Lipinski definition) is 6. The predicted molar refractivity (Wildman–Crippen MR) is 108 cm³/mol. The number of nitrogens with zero attached hydrogens (tertiary/aromatic N) is 1. The lowest BCUT2D eigenvalue weighted by molar-refractivity contribution is -0.143. The van der Waals surface area contributed by atoms with Crippen LogP contribution in [0.1, 0.15) is 38.7 Å². The van der Waals surface area contributed by atoms with Gasteiger partial charge in [-0.05, 0) is 31.7 Å². The fourth-order valence-electron chi connectivity index (χ4n) is 3.18. The molecule has 0 unspecified atom stereocenters. The summed E-state index contributed by atoms with van der Waals surface area (Å²) in [6.45, 7) is 3.92. The molecule has 1 heterocycles. The van der Waals surface area contributed by atoms with Crippen LogP contribution in [0.15, 0.2) is 30.3 Å². The molecule has 0 aromatic heterocycles. The van der Waals surface area contributed by atoms with Crippen molar-refractivity contribution >= 4 is 23.9 Å². The van der Waals surface area contributed by atoms with Crippen LogP contribution in [0.2, 0.25) is 0 Å². The first kappa shape index (κ1) is 23.2. The molecule has 0 spiro atoms. The van der Waals surface area contributed by atoms with E-state index in [0.29, 0.717) is 25.8 Å². The van der Waals surface area contributed by atoms with E-state index in [-0.39, 0.29) is 19.8 Å². The van der Waals surface area contributed by atoms with E-state index in [4.69, 9.17) is 9.47 Å². The van der Waals surface area contributed by atoms with Crippen LogP contribution >= 0.6 is 0 Å². The van der Waals surface area contributed by atoms with Crippen molar-refractivity contribution in [1.29, 1.82) is 0 Å². The molecule has 30 heavy (non-hydrogen) atoms. The van der Waals surface area contributed by atoms with Gasteiger partial charge in [-0.1, -0.05) is 37.3 Å². The zero-order valence-corrected chi connectivity index (χ0v) is 17.4. The molecular formula is C21H29N3O6. The molecule has 1 fully saturated rings. The normalized spacial score (nSPS) is 16.5. The van der Waals surface area contributed by atoms with E-state index >= 15 is 0 Å². The quantitative estimate of drug-likeness (QED) is 0.584. The van der Waals surface area contributed by atoms with Crippen LogP contribution in [0, 0.1) is 0 Å². The van der Waals surface area contributed by atoms with E-state index < -0.39 is 36.0 Å². The van der Waals surface area contributed by atoms with Crippen molar-refractivity contribution in [3.63, 3.8) is 0 Å². The van der Waals surface area contributed by atoms with Crippen molar-refractivity contribution in [2.24, 2.45) is 0 Å². The van der Waals surface area contributed by atoms with Gasteiger partial charge >= 0.3 is 12.1 Å². The Labute approximate surface area is 176 Å². The molecule has 9 nitrogen and oxygen atoms in total. The summed E-state index contributed by atoms with van der Waals surface area (Å²) in [4.78, 5) is 50.2. The molecule has 1 aromatic carbocycles. The first-order valence-corrected chi connectivity index (χ1v) is 10.2. The third-order valence-corrected chi connectivity index (χ3v) is 4.75. The third kappa shape index (κ3) is 6.75. The summed E-state index contributed by atoms with van der Waals surface area (Å²) in [7, 11) is 0. The van der Waals surface area contributed by atoms with E-state index in [1.54, 1.807) is 13.8 Å². The maximum atomic E-state index is 12.7. The lowest BCUT2D eigenvalue weighted by Gasteiger charge is -2.25. The largest absolute Gasteiger partial charge is 0.465 e. The number of carbonyl (C=O) groups is 4. The van der Waals surface area contributed by atoms with Gasteiger partial charge in [-0.25, -0.2) is 4.79 Å². The zero-order chi connectivity index (χ0) is 21.9. The predicted octanol–water partition coefficient (Wildman–Crippen LogP) is 1.36. The molecule has 164 valence electrons. The monoisotopic (exact) mass is 419 g/mol. The minimum absolute atomic E-state index is 0.123. The maximum absolute atomic E-state index is 12.7. The van der Waals surface area contributed by atoms with E-state index in [1.807, 2.05) is 30.3 Å². The van der Waals surface area contributed by atoms with Crippen molar-refractivity contribution < 1.29 is 28.7 Å². The van der Waals surface area contributed by atoms with Crippen molar-refractivity contribution in [1.82, 2.24) is 15.5 Å². The SMILES string of the molecule is CCOC(=O)CNC(=O)[C@H](CC)NC(=O)[C@@H]1CCCN1C(=O)OCc1ccccc1. The standard InChI is InChI=1S/C21H29N3O6/c1-3-16(19(26)22-13-18(25)29-4-2)23-20(27)17-11-8-12-24(17)21(28)30-14-15-9-6-5-7-10-15/h5-7,9-10,16-17H,3-4,8,11-14H2,1-2H3,(H,22,26)(H,23,27)/t16-,17-/m0/s1. The van der Waals surface area contributed by atoms with Crippen LogP contribution in [0.3, 0.4) is 0 Å². The number of benzene rings is 1. The van der Waals surface area contributed by atoms with Gasteiger partial charge in [0.2, 0.25) is 11.8 Å². The second kappa shape index (κ2) is 11.8. The van der Waals surface area contributed by atoms with Gasteiger partial charge in [-0.2, -0.15) is 0 Å². The molecule has 1 saturated heterocycles. The molecule has 2 atom stereocenters. The summed E-state index contributed by atoms with van der Waals surface area (Å²) in [5.41, 5.74) is 0.857. The molecule has 0 radical (unpaired) electrons. The molecule has 9 heteroatoms. The van der Waals surface area contributed by atoms with Gasteiger partial charge in [-0.15, -0.1) is 0 Å². The fourth-order valence-corrected chi connectivity index (χ4v) is 3.18. The summed E-state index contributed by atoms with van der Waals surface area (Å²) in [5.74, 6) is -1.44. The lowest BCUT2D eigenvalue weighted by atomic mass is 10.1. The highest BCUT2D eigenvalue weighted by Gasteiger charge is 2.36. The molecule has 2 rings (SSSR count). The molecular weight excluding hydrogens is 390 g/mol. The smallest absolute Gasteiger partial charge is 0.410 e. The summed E-state index contributed by atoms with van der Waals surface area (Å²) in [6.07, 6.45) is 0.944. The van der Waals surface area contributed by atoms with Gasteiger partial charge in [0.05, 0.1) is 6.61 Å². The molecule has 3 amide bonds. The number of hydrogen-bond donors (Lipinski definition) is 2. The second-order valence-electron chi connectivity index (χ2n) is 6.88. The first-order chi connectivity index (χ1) is 14.5. The first-order valence-electron chi connectivity index (χ1n) is 10.2.